The monoisotopic (exact) mass is 219 g/mol. The number of carbonyl (C=O) groups excluding carboxylic acids is 1. The van der Waals surface area contributed by atoms with Gasteiger partial charge in [-0.15, -0.1) is 0 Å². The van der Waals surface area contributed by atoms with Crippen LogP contribution in [-0.4, -0.2) is 17.9 Å². The third-order valence-electron chi connectivity index (χ3n) is 2.35. The molecule has 2 heteroatoms. The Kier molecular flexibility index (Phi) is 4.25. The van der Waals surface area contributed by atoms with E-state index in [4.69, 9.17) is 0 Å². The van der Waals surface area contributed by atoms with Crippen LogP contribution in [0.1, 0.15) is 43.1 Å². The second-order valence-corrected chi connectivity index (χ2v) is 5.22. The lowest BCUT2D eigenvalue weighted by atomic mass is 10.0. The third-order valence-corrected chi connectivity index (χ3v) is 2.35. The molecule has 0 aromatic heterocycles. The molecule has 0 unspecified atom stereocenters. The molecule has 0 aliphatic heterocycles. The smallest absolute Gasteiger partial charge is 0.164 e. The van der Waals surface area contributed by atoms with Gasteiger partial charge in [0.05, 0.1) is 0 Å². The van der Waals surface area contributed by atoms with E-state index in [1.54, 1.807) is 0 Å². The highest BCUT2D eigenvalue weighted by atomic mass is 16.1. The zero-order valence-corrected chi connectivity index (χ0v) is 10.6. The number of nitrogens with one attached hydrogen (secondary N) is 1. The van der Waals surface area contributed by atoms with Crippen molar-refractivity contribution < 1.29 is 4.79 Å². The minimum atomic E-state index is 0.0763. The molecule has 0 fully saturated rings. The van der Waals surface area contributed by atoms with E-state index in [0.29, 0.717) is 6.42 Å². The van der Waals surface area contributed by atoms with Gasteiger partial charge in [-0.05, 0) is 33.8 Å². The summed E-state index contributed by atoms with van der Waals surface area (Å²) in [6.45, 7) is 9.04. The van der Waals surface area contributed by atoms with Crippen molar-refractivity contribution in [3.63, 3.8) is 0 Å². The summed E-state index contributed by atoms with van der Waals surface area (Å²) >= 11 is 0. The van der Waals surface area contributed by atoms with Crippen molar-refractivity contribution in [2.24, 2.45) is 0 Å². The fourth-order valence-electron chi connectivity index (χ4n) is 1.51. The van der Waals surface area contributed by atoms with Gasteiger partial charge in [-0.3, -0.25) is 4.79 Å². The second-order valence-electron chi connectivity index (χ2n) is 5.22. The Hall–Kier alpha value is -1.15. The van der Waals surface area contributed by atoms with Crippen LogP contribution in [-0.2, 0) is 0 Å². The van der Waals surface area contributed by atoms with Gasteiger partial charge in [0.2, 0.25) is 0 Å². The molecule has 0 amide bonds. The molecule has 0 aliphatic carbocycles. The van der Waals surface area contributed by atoms with Crippen molar-refractivity contribution in [2.75, 3.05) is 6.54 Å². The van der Waals surface area contributed by atoms with E-state index in [1.807, 2.05) is 31.2 Å². The van der Waals surface area contributed by atoms with E-state index in [9.17, 15) is 4.79 Å². The van der Waals surface area contributed by atoms with Crippen molar-refractivity contribution in [2.45, 2.75) is 39.7 Å². The van der Waals surface area contributed by atoms with Crippen LogP contribution in [0.4, 0.5) is 0 Å². The van der Waals surface area contributed by atoms with Crippen LogP contribution in [0.5, 0.6) is 0 Å². The zero-order chi connectivity index (χ0) is 12.2. The van der Waals surface area contributed by atoms with E-state index >= 15 is 0 Å². The Morgan fingerprint density at radius 1 is 1.31 bits per heavy atom. The van der Waals surface area contributed by atoms with Crippen LogP contribution >= 0.6 is 0 Å². The second kappa shape index (κ2) is 5.26. The molecule has 0 heterocycles. The fourth-order valence-corrected chi connectivity index (χ4v) is 1.51. The number of rotatable bonds is 4. The van der Waals surface area contributed by atoms with E-state index < -0.39 is 0 Å². The number of benzene rings is 1. The molecule has 1 N–H and O–H groups in total. The highest BCUT2D eigenvalue weighted by Crippen LogP contribution is 2.07. The van der Waals surface area contributed by atoms with Crippen LogP contribution in [0, 0.1) is 6.92 Å². The topological polar surface area (TPSA) is 29.1 Å². The first-order chi connectivity index (χ1) is 7.38. The molecule has 0 aliphatic rings. The molecule has 1 aromatic rings. The highest BCUT2D eigenvalue weighted by Gasteiger charge is 2.10. The minimum Gasteiger partial charge on any atom is -0.312 e. The number of hydrogen-bond donors (Lipinski definition) is 1. The van der Waals surface area contributed by atoms with E-state index in [0.717, 1.165) is 17.7 Å². The average Bonchev–Trinajstić information content (AvgIpc) is 2.15. The average molecular weight is 219 g/mol. The Balaban J connectivity index is 2.47. The van der Waals surface area contributed by atoms with Gasteiger partial charge in [0, 0.05) is 24.1 Å². The van der Waals surface area contributed by atoms with Gasteiger partial charge >= 0.3 is 0 Å². The van der Waals surface area contributed by atoms with E-state index in [2.05, 4.69) is 26.1 Å². The Labute approximate surface area is 98.1 Å². The molecule has 0 bridgehead atoms. The normalized spacial score (nSPS) is 11.5. The van der Waals surface area contributed by atoms with Gasteiger partial charge in [0.15, 0.2) is 5.78 Å². The number of Topliss-reactive ketones (excluding diaryl/α,β-unsaturated/α-hetero) is 1. The van der Waals surface area contributed by atoms with Crippen molar-refractivity contribution in [1.82, 2.24) is 5.32 Å². The fraction of sp³-hybridized carbons (Fsp3) is 0.500. The van der Waals surface area contributed by atoms with Crippen LogP contribution < -0.4 is 5.32 Å². The van der Waals surface area contributed by atoms with Crippen molar-refractivity contribution in [1.29, 1.82) is 0 Å². The maximum Gasteiger partial charge on any atom is 0.164 e. The maximum atomic E-state index is 11.8. The molecule has 0 saturated carbocycles. The van der Waals surface area contributed by atoms with E-state index in [1.165, 1.54) is 0 Å². The summed E-state index contributed by atoms with van der Waals surface area (Å²) in [6.07, 6.45) is 0.556. The standard InChI is InChI=1S/C14H21NO/c1-11-6-5-7-12(10-11)13(16)8-9-15-14(2,3)4/h5-7,10,15H,8-9H2,1-4H3. The summed E-state index contributed by atoms with van der Waals surface area (Å²) in [6, 6.07) is 7.76. The first kappa shape index (κ1) is 12.9. The largest absolute Gasteiger partial charge is 0.312 e. The molecule has 1 aromatic carbocycles. The molecule has 2 nitrogen and oxygen atoms in total. The molecular weight excluding hydrogens is 198 g/mol. The maximum absolute atomic E-state index is 11.8. The van der Waals surface area contributed by atoms with Crippen LogP contribution in [0.25, 0.3) is 0 Å². The van der Waals surface area contributed by atoms with Gasteiger partial charge in [0.25, 0.3) is 0 Å². The van der Waals surface area contributed by atoms with Gasteiger partial charge in [0.1, 0.15) is 0 Å². The molecule has 0 spiro atoms. The van der Waals surface area contributed by atoms with Crippen molar-refractivity contribution in [3.05, 3.63) is 35.4 Å². The summed E-state index contributed by atoms with van der Waals surface area (Å²) in [5, 5.41) is 3.32. The van der Waals surface area contributed by atoms with Crippen LogP contribution in [0.15, 0.2) is 24.3 Å². The van der Waals surface area contributed by atoms with Crippen molar-refractivity contribution in [3.8, 4) is 0 Å². The van der Waals surface area contributed by atoms with E-state index in [-0.39, 0.29) is 11.3 Å². The molecule has 0 saturated heterocycles. The third kappa shape index (κ3) is 4.58. The molecule has 0 atom stereocenters. The Morgan fingerprint density at radius 2 is 2.00 bits per heavy atom. The first-order valence-corrected chi connectivity index (χ1v) is 5.73. The summed E-state index contributed by atoms with van der Waals surface area (Å²) in [4.78, 5) is 11.8. The number of aryl methyl sites for hydroxylation is 1. The molecule has 88 valence electrons. The Morgan fingerprint density at radius 3 is 2.56 bits per heavy atom. The number of ketones is 1. The molecule has 16 heavy (non-hydrogen) atoms. The Bertz CT molecular complexity index is 363. The predicted octanol–water partition coefficient (Wildman–Crippen LogP) is 2.96. The van der Waals surface area contributed by atoms with Gasteiger partial charge in [-0.25, -0.2) is 0 Å². The summed E-state index contributed by atoms with van der Waals surface area (Å²) in [5.41, 5.74) is 2.03. The lowest BCUT2D eigenvalue weighted by Crippen LogP contribution is -2.37. The lowest BCUT2D eigenvalue weighted by Gasteiger charge is -2.20. The first-order valence-electron chi connectivity index (χ1n) is 5.73. The molecule has 1 rings (SSSR count). The molecule has 0 radical (unpaired) electrons. The van der Waals surface area contributed by atoms with Crippen molar-refractivity contribution >= 4 is 5.78 Å². The summed E-state index contributed by atoms with van der Waals surface area (Å²) in [5.74, 6) is 0.209. The minimum absolute atomic E-state index is 0.0763. The SMILES string of the molecule is Cc1cccc(C(=O)CCNC(C)(C)C)c1. The lowest BCUT2D eigenvalue weighted by molar-refractivity contribution is 0.0980. The number of hydrogen-bond acceptors (Lipinski definition) is 2. The predicted molar refractivity (Wildman–Crippen MR) is 67.9 cm³/mol. The summed E-state index contributed by atoms with van der Waals surface area (Å²) < 4.78 is 0. The van der Waals surface area contributed by atoms with Gasteiger partial charge in [-0.2, -0.15) is 0 Å². The zero-order valence-electron chi connectivity index (χ0n) is 10.6. The number of carbonyl (C=O) groups is 1. The summed E-state index contributed by atoms with van der Waals surface area (Å²) in [7, 11) is 0. The van der Waals surface area contributed by atoms with Gasteiger partial charge < -0.3 is 5.32 Å². The van der Waals surface area contributed by atoms with Crippen LogP contribution in [0.2, 0.25) is 0 Å². The quantitative estimate of drug-likeness (QED) is 0.789. The van der Waals surface area contributed by atoms with Crippen LogP contribution in [0.3, 0.4) is 0 Å². The van der Waals surface area contributed by atoms with Gasteiger partial charge in [-0.1, -0.05) is 23.8 Å². The highest BCUT2D eigenvalue weighted by molar-refractivity contribution is 5.96. The molecular formula is C14H21NO.